The molecule has 0 spiro atoms. The second-order valence-electron chi connectivity index (χ2n) is 2.71. The molecule has 0 aromatic rings. The predicted molar refractivity (Wildman–Crippen MR) is 40.9 cm³/mol. The van der Waals surface area contributed by atoms with E-state index >= 15 is 0 Å². The van der Waals surface area contributed by atoms with Crippen molar-refractivity contribution in [3.8, 4) is 0 Å². The Morgan fingerprint density at radius 1 is 1.33 bits per heavy atom. The zero-order valence-electron chi connectivity index (χ0n) is 7.40. The molecule has 0 N–H and O–H groups in total. The summed E-state index contributed by atoms with van der Waals surface area (Å²) < 4.78 is 41.2. The Bertz CT molecular complexity index is 162. The average molecular weight is 182 g/mol. The van der Waals surface area contributed by atoms with Gasteiger partial charge in [0, 0.05) is 13.5 Å². The van der Waals surface area contributed by atoms with Crippen LogP contribution in [0.4, 0.5) is 13.2 Å². The van der Waals surface area contributed by atoms with Crippen LogP contribution in [0, 0.1) is 0 Å². The van der Waals surface area contributed by atoms with E-state index in [4.69, 9.17) is 0 Å². The molecular weight excluding hydrogens is 169 g/mol. The van der Waals surface area contributed by atoms with Crippen molar-refractivity contribution in [1.29, 1.82) is 0 Å². The number of halogens is 3. The molecule has 0 aromatic carbocycles. The number of rotatable bonds is 3. The summed E-state index contributed by atoms with van der Waals surface area (Å²) in [6.07, 6.45) is -1.45. The van der Waals surface area contributed by atoms with Crippen molar-refractivity contribution in [3.63, 3.8) is 0 Å². The van der Waals surface area contributed by atoms with Gasteiger partial charge in [-0.05, 0) is 13.8 Å². The molecule has 1 atom stereocenters. The van der Waals surface area contributed by atoms with Crippen LogP contribution in [0.25, 0.3) is 0 Å². The van der Waals surface area contributed by atoms with E-state index in [-0.39, 0.29) is 6.42 Å². The second-order valence-corrected chi connectivity index (χ2v) is 2.71. The van der Waals surface area contributed by atoms with E-state index in [1.807, 2.05) is 0 Å². The third-order valence-corrected chi connectivity index (χ3v) is 1.79. The van der Waals surface area contributed by atoms with E-state index in [0.717, 1.165) is 14.0 Å². The highest BCUT2D eigenvalue weighted by molar-refractivity contribution is 4.92. The van der Waals surface area contributed by atoms with Gasteiger partial charge in [0.1, 0.15) is 0 Å². The molecule has 0 fully saturated rings. The van der Waals surface area contributed by atoms with Crippen LogP contribution in [-0.2, 0) is 4.74 Å². The van der Waals surface area contributed by atoms with Crippen molar-refractivity contribution in [2.24, 2.45) is 0 Å². The van der Waals surface area contributed by atoms with Crippen molar-refractivity contribution < 1.29 is 17.9 Å². The average Bonchev–Trinajstić information content (AvgIpc) is 1.98. The topological polar surface area (TPSA) is 9.23 Å². The first-order valence-corrected chi connectivity index (χ1v) is 3.60. The lowest BCUT2D eigenvalue weighted by molar-refractivity contribution is -0.261. The van der Waals surface area contributed by atoms with Gasteiger partial charge < -0.3 is 4.74 Å². The molecule has 12 heavy (non-hydrogen) atoms. The zero-order valence-corrected chi connectivity index (χ0v) is 7.40. The maximum absolute atomic E-state index is 12.3. The van der Waals surface area contributed by atoms with E-state index in [1.54, 1.807) is 13.0 Å². The Hall–Kier alpha value is -0.510. The van der Waals surface area contributed by atoms with Crippen LogP contribution in [0.3, 0.4) is 0 Å². The molecule has 0 aromatic heterocycles. The van der Waals surface area contributed by atoms with Crippen LogP contribution >= 0.6 is 0 Å². The number of alkyl halides is 3. The maximum Gasteiger partial charge on any atom is 0.417 e. The first-order chi connectivity index (χ1) is 5.37. The Morgan fingerprint density at radius 2 is 1.83 bits per heavy atom. The Kier molecular flexibility index (Phi) is 3.77. The van der Waals surface area contributed by atoms with Crippen molar-refractivity contribution in [3.05, 3.63) is 12.2 Å². The van der Waals surface area contributed by atoms with Gasteiger partial charge in [-0.3, -0.25) is 0 Å². The van der Waals surface area contributed by atoms with E-state index in [1.165, 1.54) is 6.08 Å². The summed E-state index contributed by atoms with van der Waals surface area (Å²) in [5.41, 5.74) is -2.06. The molecule has 0 radical (unpaired) electrons. The quantitative estimate of drug-likeness (QED) is 0.610. The van der Waals surface area contributed by atoms with Gasteiger partial charge in [0.15, 0.2) is 5.60 Å². The summed E-state index contributed by atoms with van der Waals surface area (Å²) in [6, 6.07) is 0. The molecule has 0 saturated carbocycles. The molecular formula is C8H13F3O. The van der Waals surface area contributed by atoms with E-state index < -0.39 is 11.8 Å². The SMILES string of the molecule is C/C=C/CC(C)(OC)C(F)(F)F. The highest BCUT2D eigenvalue weighted by atomic mass is 19.4. The lowest BCUT2D eigenvalue weighted by Gasteiger charge is -2.29. The molecule has 0 bridgehead atoms. The predicted octanol–water partition coefficient (Wildman–Crippen LogP) is 2.92. The summed E-state index contributed by atoms with van der Waals surface area (Å²) >= 11 is 0. The van der Waals surface area contributed by atoms with Crippen LogP contribution in [0.15, 0.2) is 12.2 Å². The van der Waals surface area contributed by atoms with Gasteiger partial charge in [-0.1, -0.05) is 12.2 Å². The van der Waals surface area contributed by atoms with Crippen molar-refractivity contribution in [2.45, 2.75) is 32.0 Å². The lowest BCUT2D eigenvalue weighted by atomic mass is 10.0. The molecule has 0 heterocycles. The molecule has 72 valence electrons. The molecule has 0 saturated heterocycles. The van der Waals surface area contributed by atoms with Crippen LogP contribution in [0.1, 0.15) is 20.3 Å². The maximum atomic E-state index is 12.3. The highest BCUT2D eigenvalue weighted by Crippen LogP contribution is 2.35. The zero-order chi connectivity index (χ0) is 9.83. The van der Waals surface area contributed by atoms with Gasteiger partial charge in [-0.2, -0.15) is 13.2 Å². The molecule has 1 unspecified atom stereocenters. The fraction of sp³-hybridized carbons (Fsp3) is 0.750. The van der Waals surface area contributed by atoms with E-state index in [0.29, 0.717) is 0 Å². The summed E-state index contributed by atoms with van der Waals surface area (Å²) in [4.78, 5) is 0. The Morgan fingerprint density at radius 3 is 2.08 bits per heavy atom. The normalized spacial score (nSPS) is 18.2. The number of allylic oxidation sites excluding steroid dienone is 1. The van der Waals surface area contributed by atoms with Gasteiger partial charge in [-0.25, -0.2) is 0 Å². The Balaban J connectivity index is 4.45. The monoisotopic (exact) mass is 182 g/mol. The van der Waals surface area contributed by atoms with Gasteiger partial charge in [0.05, 0.1) is 0 Å². The minimum Gasteiger partial charge on any atom is -0.369 e. The summed E-state index contributed by atoms with van der Waals surface area (Å²) in [5, 5.41) is 0. The first-order valence-electron chi connectivity index (χ1n) is 3.60. The number of ether oxygens (including phenoxy) is 1. The van der Waals surface area contributed by atoms with Gasteiger partial charge in [0.2, 0.25) is 0 Å². The summed E-state index contributed by atoms with van der Waals surface area (Å²) in [6.45, 7) is 2.71. The van der Waals surface area contributed by atoms with Gasteiger partial charge in [0.25, 0.3) is 0 Å². The first kappa shape index (κ1) is 11.5. The molecule has 0 aliphatic rings. The summed E-state index contributed by atoms with van der Waals surface area (Å²) in [5.74, 6) is 0. The number of methoxy groups -OCH3 is 1. The largest absolute Gasteiger partial charge is 0.417 e. The standard InChI is InChI=1S/C8H13F3O/c1-4-5-6-7(2,12-3)8(9,10)11/h4-5H,6H2,1-3H3/b5-4+. The molecule has 0 amide bonds. The lowest BCUT2D eigenvalue weighted by Crippen LogP contribution is -2.43. The summed E-state index contributed by atoms with van der Waals surface area (Å²) in [7, 11) is 1.07. The fourth-order valence-electron chi connectivity index (χ4n) is 0.658. The minimum atomic E-state index is -4.32. The van der Waals surface area contributed by atoms with Crippen LogP contribution < -0.4 is 0 Å². The van der Waals surface area contributed by atoms with Crippen LogP contribution in [0.5, 0.6) is 0 Å². The van der Waals surface area contributed by atoms with E-state index in [2.05, 4.69) is 4.74 Å². The Labute approximate surface area is 70.2 Å². The van der Waals surface area contributed by atoms with Crippen molar-refractivity contribution in [2.75, 3.05) is 7.11 Å². The number of hydrogen-bond donors (Lipinski definition) is 0. The smallest absolute Gasteiger partial charge is 0.369 e. The molecule has 1 nitrogen and oxygen atoms in total. The van der Waals surface area contributed by atoms with E-state index in [9.17, 15) is 13.2 Å². The molecule has 4 heteroatoms. The van der Waals surface area contributed by atoms with Gasteiger partial charge >= 0.3 is 6.18 Å². The fourth-order valence-corrected chi connectivity index (χ4v) is 0.658. The molecule has 0 aliphatic heterocycles. The van der Waals surface area contributed by atoms with Crippen molar-refractivity contribution >= 4 is 0 Å². The van der Waals surface area contributed by atoms with Gasteiger partial charge in [-0.15, -0.1) is 0 Å². The molecule has 0 aliphatic carbocycles. The van der Waals surface area contributed by atoms with Crippen LogP contribution in [-0.4, -0.2) is 18.9 Å². The van der Waals surface area contributed by atoms with Crippen LogP contribution in [0.2, 0.25) is 0 Å². The highest BCUT2D eigenvalue weighted by Gasteiger charge is 2.50. The third kappa shape index (κ3) is 2.52. The third-order valence-electron chi connectivity index (χ3n) is 1.79. The second kappa shape index (κ2) is 3.94. The molecule has 0 rings (SSSR count). The minimum absolute atomic E-state index is 0.149. The number of hydrogen-bond acceptors (Lipinski definition) is 1. The van der Waals surface area contributed by atoms with Crippen molar-refractivity contribution in [1.82, 2.24) is 0 Å².